The Hall–Kier alpha value is -3.00. The second-order valence-electron chi connectivity index (χ2n) is 6.47. The van der Waals surface area contributed by atoms with Crippen LogP contribution in [-0.4, -0.2) is 51.3 Å². The largest absolute Gasteiger partial charge is 0.468 e. The van der Waals surface area contributed by atoms with E-state index in [9.17, 15) is 19.7 Å². The molecule has 0 amide bonds. The fraction of sp³-hybridized carbons (Fsp3) is 0.400. The van der Waals surface area contributed by atoms with Crippen molar-refractivity contribution in [2.24, 2.45) is 5.41 Å². The zero-order valence-corrected chi connectivity index (χ0v) is 16.1. The van der Waals surface area contributed by atoms with Gasteiger partial charge >= 0.3 is 11.9 Å². The molecule has 0 aromatic heterocycles. The van der Waals surface area contributed by atoms with Crippen molar-refractivity contribution in [2.45, 2.75) is 12.3 Å². The van der Waals surface area contributed by atoms with E-state index < -0.39 is 34.7 Å². The van der Waals surface area contributed by atoms with E-state index in [-0.39, 0.29) is 13.0 Å². The van der Waals surface area contributed by atoms with E-state index in [0.29, 0.717) is 22.3 Å². The Morgan fingerprint density at radius 2 is 1.82 bits per heavy atom. The predicted octanol–water partition coefficient (Wildman–Crippen LogP) is 2.37. The van der Waals surface area contributed by atoms with Crippen LogP contribution in [0.15, 0.2) is 42.5 Å². The van der Waals surface area contributed by atoms with Crippen molar-refractivity contribution in [3.8, 4) is 0 Å². The summed E-state index contributed by atoms with van der Waals surface area (Å²) < 4.78 is 15.0. The molecule has 0 spiro atoms. The fourth-order valence-corrected chi connectivity index (χ4v) is 3.72. The van der Waals surface area contributed by atoms with E-state index >= 15 is 0 Å². The third-order valence-corrected chi connectivity index (χ3v) is 4.98. The van der Waals surface area contributed by atoms with Gasteiger partial charge < -0.3 is 14.2 Å². The molecular weight excluding hydrogens is 366 g/mol. The lowest BCUT2D eigenvalue weighted by Crippen LogP contribution is -2.47. The minimum absolute atomic E-state index is 0.127. The quantitative estimate of drug-likeness (QED) is 0.305. The van der Waals surface area contributed by atoms with Crippen LogP contribution in [0, 0.1) is 15.5 Å². The van der Waals surface area contributed by atoms with Crippen molar-refractivity contribution in [3.05, 3.63) is 63.7 Å². The molecule has 0 N–H and O–H groups in total. The fourth-order valence-electron chi connectivity index (χ4n) is 3.72. The standard InChI is InChI=1S/C20H23NO7/c1-13(12-26-2)14-9-10-20(18(22)27-3,19(23)28-4)17(11-21(24)25)16-8-6-5-7-15(14)16/h5-9,17H,1,10-12H2,2-4H3/t17-/m0/s1. The highest BCUT2D eigenvalue weighted by Gasteiger charge is 2.57. The molecule has 1 aromatic rings. The minimum Gasteiger partial charge on any atom is -0.468 e. The van der Waals surface area contributed by atoms with Gasteiger partial charge in [-0.15, -0.1) is 0 Å². The topological polar surface area (TPSA) is 105 Å². The third kappa shape index (κ3) is 3.68. The zero-order chi connectivity index (χ0) is 20.9. The zero-order valence-electron chi connectivity index (χ0n) is 16.1. The molecule has 0 heterocycles. The molecule has 1 atom stereocenters. The molecule has 0 aliphatic heterocycles. The number of nitrogens with zero attached hydrogens (tertiary/aromatic N) is 1. The van der Waals surface area contributed by atoms with Crippen molar-refractivity contribution in [1.29, 1.82) is 0 Å². The highest BCUT2D eigenvalue weighted by atomic mass is 16.6. The van der Waals surface area contributed by atoms with Crippen LogP contribution < -0.4 is 0 Å². The van der Waals surface area contributed by atoms with Gasteiger partial charge in [-0.05, 0) is 28.7 Å². The number of fused-ring (bicyclic) bond motifs is 1. The highest BCUT2D eigenvalue weighted by Crippen LogP contribution is 2.48. The van der Waals surface area contributed by atoms with Crippen LogP contribution in [0.25, 0.3) is 5.57 Å². The first-order chi connectivity index (χ1) is 13.3. The molecule has 1 aliphatic carbocycles. The van der Waals surface area contributed by atoms with E-state index in [2.05, 4.69) is 6.58 Å². The summed E-state index contributed by atoms with van der Waals surface area (Å²) in [5, 5.41) is 11.5. The number of ether oxygens (including phenoxy) is 3. The number of carbonyl (C=O) groups excluding carboxylic acids is 2. The van der Waals surface area contributed by atoms with E-state index in [1.165, 1.54) is 7.11 Å². The Morgan fingerprint density at radius 1 is 1.21 bits per heavy atom. The molecule has 0 radical (unpaired) electrons. The first-order valence-corrected chi connectivity index (χ1v) is 8.58. The number of carbonyl (C=O) groups is 2. The van der Waals surface area contributed by atoms with Crippen LogP contribution in [0.5, 0.6) is 0 Å². The van der Waals surface area contributed by atoms with Gasteiger partial charge in [-0.25, -0.2) is 0 Å². The second kappa shape index (κ2) is 8.79. The Balaban J connectivity index is 2.83. The van der Waals surface area contributed by atoms with Crippen LogP contribution >= 0.6 is 0 Å². The Kier molecular flexibility index (Phi) is 6.69. The molecule has 28 heavy (non-hydrogen) atoms. The summed E-state index contributed by atoms with van der Waals surface area (Å²) in [5.41, 5.74) is 0.546. The Bertz CT molecular complexity index is 812. The molecule has 150 valence electrons. The maximum Gasteiger partial charge on any atom is 0.324 e. The van der Waals surface area contributed by atoms with Crippen molar-refractivity contribution >= 4 is 17.5 Å². The number of benzene rings is 1. The average Bonchev–Trinajstić information content (AvgIpc) is 2.82. The van der Waals surface area contributed by atoms with Crippen LogP contribution in [-0.2, 0) is 23.8 Å². The van der Waals surface area contributed by atoms with Gasteiger partial charge in [0, 0.05) is 12.0 Å². The summed E-state index contributed by atoms with van der Waals surface area (Å²) >= 11 is 0. The number of esters is 2. The molecule has 0 saturated heterocycles. The molecule has 8 heteroatoms. The first kappa shape index (κ1) is 21.3. The summed E-state index contributed by atoms with van der Waals surface area (Å²) in [7, 11) is 3.81. The van der Waals surface area contributed by atoms with Gasteiger partial charge in [0.2, 0.25) is 6.54 Å². The van der Waals surface area contributed by atoms with Gasteiger partial charge in [0.25, 0.3) is 0 Å². The van der Waals surface area contributed by atoms with Gasteiger partial charge in [0.1, 0.15) is 0 Å². The van der Waals surface area contributed by atoms with Gasteiger partial charge in [-0.3, -0.25) is 19.7 Å². The van der Waals surface area contributed by atoms with Gasteiger partial charge in [-0.1, -0.05) is 36.9 Å². The SMILES string of the molecule is C=C(COC)C1=CCC(C(=O)OC)(C(=O)OC)[C@@H](C[N+](=O)[O-])c2ccccc21. The normalized spacial score (nSPS) is 17.5. The van der Waals surface area contributed by atoms with Crippen LogP contribution in [0.4, 0.5) is 0 Å². The lowest BCUT2D eigenvalue weighted by Gasteiger charge is -2.32. The highest BCUT2D eigenvalue weighted by molar-refractivity contribution is 6.02. The second-order valence-corrected chi connectivity index (χ2v) is 6.47. The number of nitro groups is 1. The van der Waals surface area contributed by atoms with Crippen molar-refractivity contribution in [3.63, 3.8) is 0 Å². The van der Waals surface area contributed by atoms with E-state index in [4.69, 9.17) is 14.2 Å². The average molecular weight is 389 g/mol. The molecule has 1 aliphatic rings. The molecule has 0 saturated carbocycles. The van der Waals surface area contributed by atoms with E-state index in [1.54, 1.807) is 30.3 Å². The van der Waals surface area contributed by atoms with Gasteiger partial charge in [0.15, 0.2) is 5.41 Å². The number of hydrogen-bond acceptors (Lipinski definition) is 7. The maximum absolute atomic E-state index is 12.8. The number of allylic oxidation sites excluding steroid dienone is 1. The van der Waals surface area contributed by atoms with E-state index in [1.807, 2.05) is 0 Å². The predicted molar refractivity (Wildman–Crippen MR) is 101 cm³/mol. The van der Waals surface area contributed by atoms with Gasteiger partial charge in [0.05, 0.1) is 26.7 Å². The summed E-state index contributed by atoms with van der Waals surface area (Å²) in [6, 6.07) is 6.93. The van der Waals surface area contributed by atoms with E-state index in [0.717, 1.165) is 14.2 Å². The summed E-state index contributed by atoms with van der Waals surface area (Å²) in [4.78, 5) is 36.6. The van der Waals surface area contributed by atoms with Crippen LogP contribution in [0.1, 0.15) is 23.5 Å². The molecule has 2 rings (SSSR count). The van der Waals surface area contributed by atoms with Crippen molar-refractivity contribution < 1.29 is 28.7 Å². The monoisotopic (exact) mass is 389 g/mol. The molecule has 0 bridgehead atoms. The number of hydrogen-bond donors (Lipinski definition) is 0. The molecule has 8 nitrogen and oxygen atoms in total. The molecule has 0 unspecified atom stereocenters. The van der Waals surface area contributed by atoms with Crippen molar-refractivity contribution in [2.75, 3.05) is 34.5 Å². The Morgan fingerprint density at radius 3 is 2.36 bits per heavy atom. The third-order valence-electron chi connectivity index (χ3n) is 4.98. The molecule has 1 aromatic carbocycles. The lowest BCUT2D eigenvalue weighted by atomic mass is 9.69. The minimum atomic E-state index is -1.89. The van der Waals surface area contributed by atoms with Crippen molar-refractivity contribution in [1.82, 2.24) is 0 Å². The number of methoxy groups -OCH3 is 3. The van der Waals surface area contributed by atoms with Crippen LogP contribution in [0.2, 0.25) is 0 Å². The maximum atomic E-state index is 12.8. The van der Waals surface area contributed by atoms with Crippen LogP contribution in [0.3, 0.4) is 0 Å². The summed E-state index contributed by atoms with van der Waals surface area (Å²) in [6.45, 7) is 3.60. The molecule has 0 fully saturated rings. The smallest absolute Gasteiger partial charge is 0.324 e. The summed E-state index contributed by atoms with van der Waals surface area (Å²) in [5.74, 6) is -2.84. The Labute approximate surface area is 162 Å². The lowest BCUT2D eigenvalue weighted by molar-refractivity contribution is -0.485. The number of rotatable bonds is 7. The molecular formula is C20H23NO7. The first-order valence-electron chi connectivity index (χ1n) is 8.58. The summed E-state index contributed by atoms with van der Waals surface area (Å²) in [6.07, 6.45) is 1.55. The van der Waals surface area contributed by atoms with Gasteiger partial charge in [-0.2, -0.15) is 0 Å².